The molecule has 0 aliphatic rings. The molecule has 0 bridgehead atoms. The lowest BCUT2D eigenvalue weighted by Gasteiger charge is -2.08. The van der Waals surface area contributed by atoms with Crippen LogP contribution in [0.4, 0.5) is 0 Å². The summed E-state index contributed by atoms with van der Waals surface area (Å²) >= 11 is 6.33. The largest absolute Gasteiger partial charge is 0.226 e. The number of halogens is 1. The van der Waals surface area contributed by atoms with Crippen LogP contribution in [0, 0.1) is 0 Å². The van der Waals surface area contributed by atoms with Gasteiger partial charge in [0, 0.05) is 11.1 Å². The maximum Gasteiger partial charge on any atom is 0.226 e. The SMILES string of the molecule is Clc1nc(-c2ccc3ccccc3c2)nc(-c2ccc3ccc(-c4ccccc4)cc3c2)n1. The molecule has 0 amide bonds. The van der Waals surface area contributed by atoms with Gasteiger partial charge in [0.25, 0.3) is 0 Å². The van der Waals surface area contributed by atoms with Crippen molar-refractivity contribution in [3.05, 3.63) is 114 Å². The number of fused-ring (bicyclic) bond motifs is 2. The minimum atomic E-state index is 0.182. The number of aromatic nitrogens is 3. The number of nitrogens with zero attached hydrogens (tertiary/aromatic N) is 3. The van der Waals surface area contributed by atoms with Gasteiger partial charge in [0.05, 0.1) is 0 Å². The zero-order chi connectivity index (χ0) is 22.2. The average molecular weight is 444 g/mol. The fraction of sp³-hybridized carbons (Fsp3) is 0. The van der Waals surface area contributed by atoms with E-state index in [9.17, 15) is 0 Å². The monoisotopic (exact) mass is 443 g/mol. The van der Waals surface area contributed by atoms with Crippen molar-refractivity contribution in [3.8, 4) is 33.9 Å². The van der Waals surface area contributed by atoms with Gasteiger partial charge in [-0.25, -0.2) is 4.98 Å². The molecule has 0 unspecified atom stereocenters. The third-order valence-electron chi connectivity index (χ3n) is 5.82. The van der Waals surface area contributed by atoms with Gasteiger partial charge < -0.3 is 0 Å². The molecular weight excluding hydrogens is 426 g/mol. The van der Waals surface area contributed by atoms with Crippen molar-refractivity contribution < 1.29 is 0 Å². The third-order valence-corrected chi connectivity index (χ3v) is 5.99. The zero-order valence-corrected chi connectivity index (χ0v) is 18.4. The molecule has 1 aromatic heterocycles. The van der Waals surface area contributed by atoms with Crippen LogP contribution in [0.1, 0.15) is 0 Å². The highest BCUT2D eigenvalue weighted by molar-refractivity contribution is 6.28. The highest BCUT2D eigenvalue weighted by atomic mass is 35.5. The van der Waals surface area contributed by atoms with E-state index in [1.54, 1.807) is 0 Å². The van der Waals surface area contributed by atoms with Crippen molar-refractivity contribution in [3.63, 3.8) is 0 Å². The van der Waals surface area contributed by atoms with Gasteiger partial charge in [0.2, 0.25) is 5.28 Å². The predicted molar refractivity (Wildman–Crippen MR) is 136 cm³/mol. The smallest absolute Gasteiger partial charge is 0.208 e. The number of hydrogen-bond acceptors (Lipinski definition) is 3. The molecule has 33 heavy (non-hydrogen) atoms. The minimum absolute atomic E-state index is 0.182. The van der Waals surface area contributed by atoms with Gasteiger partial charge in [0.1, 0.15) is 0 Å². The fourth-order valence-electron chi connectivity index (χ4n) is 4.13. The van der Waals surface area contributed by atoms with E-state index in [-0.39, 0.29) is 5.28 Å². The maximum atomic E-state index is 6.33. The predicted octanol–water partition coefficient (Wildman–Crippen LogP) is 7.83. The molecule has 4 heteroatoms. The molecule has 0 saturated carbocycles. The summed E-state index contributed by atoms with van der Waals surface area (Å²) in [4.78, 5) is 13.6. The lowest BCUT2D eigenvalue weighted by molar-refractivity contribution is 1.07. The summed E-state index contributed by atoms with van der Waals surface area (Å²) in [6, 6.07) is 37.5. The second-order valence-electron chi connectivity index (χ2n) is 7.96. The zero-order valence-electron chi connectivity index (χ0n) is 17.6. The molecule has 156 valence electrons. The van der Waals surface area contributed by atoms with Crippen LogP contribution < -0.4 is 0 Å². The first-order chi connectivity index (χ1) is 16.2. The van der Waals surface area contributed by atoms with Gasteiger partial charge in [-0.05, 0) is 62.5 Å². The topological polar surface area (TPSA) is 38.7 Å². The summed E-state index contributed by atoms with van der Waals surface area (Å²) < 4.78 is 0. The molecule has 5 aromatic carbocycles. The Labute approximate surface area is 196 Å². The molecule has 0 spiro atoms. The van der Waals surface area contributed by atoms with E-state index in [1.807, 2.05) is 30.3 Å². The Kier molecular flexibility index (Phi) is 4.82. The lowest BCUT2D eigenvalue weighted by Crippen LogP contribution is -1.97. The van der Waals surface area contributed by atoms with E-state index >= 15 is 0 Å². The van der Waals surface area contributed by atoms with Gasteiger partial charge in [0.15, 0.2) is 11.6 Å². The molecule has 0 saturated heterocycles. The van der Waals surface area contributed by atoms with Crippen LogP contribution in [-0.2, 0) is 0 Å². The summed E-state index contributed by atoms with van der Waals surface area (Å²) in [5, 5.41) is 4.77. The van der Waals surface area contributed by atoms with Crippen LogP contribution in [0.5, 0.6) is 0 Å². The highest BCUT2D eigenvalue weighted by Crippen LogP contribution is 2.29. The van der Waals surface area contributed by atoms with E-state index in [0.717, 1.165) is 27.3 Å². The number of rotatable bonds is 3. The quantitative estimate of drug-likeness (QED) is 0.279. The first-order valence-corrected chi connectivity index (χ1v) is 11.1. The van der Waals surface area contributed by atoms with Gasteiger partial charge in [-0.2, -0.15) is 9.97 Å². The first-order valence-electron chi connectivity index (χ1n) is 10.7. The van der Waals surface area contributed by atoms with E-state index < -0.39 is 0 Å². The van der Waals surface area contributed by atoms with Crippen LogP contribution in [0.25, 0.3) is 55.4 Å². The standard InChI is InChI=1S/C29H18ClN3/c30-29-32-27(24-14-11-20-8-4-5-9-22(20)16-24)31-28(33-29)25-15-12-21-10-13-23(17-26(21)18-25)19-6-2-1-3-7-19/h1-18H. The van der Waals surface area contributed by atoms with E-state index in [2.05, 4.69) is 88.8 Å². The second kappa shape index (κ2) is 8.12. The Bertz CT molecular complexity index is 1630. The maximum absolute atomic E-state index is 6.33. The summed E-state index contributed by atoms with van der Waals surface area (Å²) in [6.45, 7) is 0. The van der Waals surface area contributed by atoms with Gasteiger partial charge in [-0.1, -0.05) is 91.0 Å². The number of hydrogen-bond donors (Lipinski definition) is 0. The molecule has 0 radical (unpaired) electrons. The Morgan fingerprint density at radius 1 is 0.394 bits per heavy atom. The van der Waals surface area contributed by atoms with Crippen LogP contribution >= 0.6 is 11.6 Å². The van der Waals surface area contributed by atoms with E-state index in [4.69, 9.17) is 16.6 Å². The van der Waals surface area contributed by atoms with Gasteiger partial charge in [-0.15, -0.1) is 0 Å². The normalized spacial score (nSPS) is 11.2. The molecule has 0 atom stereocenters. The summed E-state index contributed by atoms with van der Waals surface area (Å²) in [7, 11) is 0. The van der Waals surface area contributed by atoms with E-state index in [1.165, 1.54) is 16.5 Å². The minimum Gasteiger partial charge on any atom is -0.208 e. The highest BCUT2D eigenvalue weighted by Gasteiger charge is 2.11. The van der Waals surface area contributed by atoms with Crippen LogP contribution in [0.2, 0.25) is 5.28 Å². The van der Waals surface area contributed by atoms with Crippen molar-refractivity contribution in [1.29, 1.82) is 0 Å². The fourth-order valence-corrected chi connectivity index (χ4v) is 4.29. The molecule has 6 aromatic rings. The lowest BCUT2D eigenvalue weighted by atomic mass is 10.00. The van der Waals surface area contributed by atoms with Crippen LogP contribution in [-0.4, -0.2) is 15.0 Å². The molecule has 0 fully saturated rings. The molecule has 0 aliphatic carbocycles. The first kappa shape index (κ1) is 19.6. The third kappa shape index (κ3) is 3.84. The van der Waals surface area contributed by atoms with Crippen LogP contribution in [0.15, 0.2) is 109 Å². The van der Waals surface area contributed by atoms with Crippen molar-refractivity contribution in [2.45, 2.75) is 0 Å². The molecule has 6 rings (SSSR count). The number of benzene rings is 5. The van der Waals surface area contributed by atoms with Crippen molar-refractivity contribution in [2.24, 2.45) is 0 Å². The van der Waals surface area contributed by atoms with Crippen molar-refractivity contribution in [2.75, 3.05) is 0 Å². The second-order valence-corrected chi connectivity index (χ2v) is 8.29. The molecule has 3 nitrogen and oxygen atoms in total. The summed E-state index contributed by atoms with van der Waals surface area (Å²) in [6.07, 6.45) is 0. The van der Waals surface area contributed by atoms with Crippen LogP contribution in [0.3, 0.4) is 0 Å². The molecule has 0 N–H and O–H groups in total. The Morgan fingerprint density at radius 2 is 0.909 bits per heavy atom. The summed E-state index contributed by atoms with van der Waals surface area (Å²) in [5.74, 6) is 1.12. The van der Waals surface area contributed by atoms with Crippen molar-refractivity contribution >= 4 is 33.1 Å². The Morgan fingerprint density at radius 3 is 1.61 bits per heavy atom. The van der Waals surface area contributed by atoms with E-state index in [0.29, 0.717) is 11.6 Å². The van der Waals surface area contributed by atoms with Gasteiger partial charge in [-0.3, -0.25) is 0 Å². The Hall–Kier alpha value is -4.08. The Balaban J connectivity index is 1.44. The average Bonchev–Trinajstić information content (AvgIpc) is 2.88. The molecule has 0 aliphatic heterocycles. The van der Waals surface area contributed by atoms with Gasteiger partial charge >= 0.3 is 0 Å². The molecular formula is C29H18ClN3. The summed E-state index contributed by atoms with van der Waals surface area (Å²) in [5.41, 5.74) is 4.17. The van der Waals surface area contributed by atoms with Crippen molar-refractivity contribution in [1.82, 2.24) is 15.0 Å². The molecule has 1 heterocycles.